The molecule has 0 radical (unpaired) electrons. The van der Waals surface area contributed by atoms with Gasteiger partial charge in [0.2, 0.25) is 0 Å². The molecular weight excluding hydrogens is 521 g/mol. The second kappa shape index (κ2) is 15.0. The van der Waals surface area contributed by atoms with Crippen molar-refractivity contribution >= 4 is 29.9 Å². The number of nitrogens with one attached hydrogen (secondary N) is 2. The van der Waals surface area contributed by atoms with Crippen LogP contribution in [0.4, 0.5) is 0 Å². The summed E-state index contributed by atoms with van der Waals surface area (Å²) < 4.78 is 12.9. The van der Waals surface area contributed by atoms with Gasteiger partial charge in [0.1, 0.15) is 18.4 Å². The van der Waals surface area contributed by atoms with Crippen LogP contribution in [-0.2, 0) is 11.3 Å². The highest BCUT2D eigenvalue weighted by Gasteiger charge is 2.22. The first-order chi connectivity index (χ1) is 15.3. The molecule has 10 heteroatoms. The van der Waals surface area contributed by atoms with Crippen molar-refractivity contribution in [1.29, 1.82) is 0 Å². The summed E-state index contributed by atoms with van der Waals surface area (Å²) in [5.74, 6) is 1.73. The predicted molar refractivity (Wildman–Crippen MR) is 137 cm³/mol. The van der Waals surface area contributed by atoms with Crippen LogP contribution in [0.1, 0.15) is 31.4 Å². The number of halogens is 1. The number of aromatic nitrogens is 3. The Labute approximate surface area is 208 Å². The minimum atomic E-state index is 0. The number of guanidine groups is 1. The van der Waals surface area contributed by atoms with Gasteiger partial charge in [0.15, 0.2) is 5.96 Å². The van der Waals surface area contributed by atoms with Crippen LogP contribution in [0.2, 0.25) is 0 Å². The average molecular weight is 557 g/mol. The normalized spacial score (nSPS) is 15.6. The Morgan fingerprint density at radius 3 is 2.50 bits per heavy atom. The molecule has 2 aromatic rings. The largest absolute Gasteiger partial charge is 0.497 e. The van der Waals surface area contributed by atoms with Crippen LogP contribution in [0.5, 0.6) is 5.75 Å². The Morgan fingerprint density at radius 2 is 1.84 bits per heavy atom. The molecule has 1 unspecified atom stereocenters. The van der Waals surface area contributed by atoms with E-state index in [1.54, 1.807) is 19.8 Å². The van der Waals surface area contributed by atoms with Gasteiger partial charge in [0.25, 0.3) is 0 Å². The quantitative estimate of drug-likeness (QED) is 0.190. The highest BCUT2D eigenvalue weighted by atomic mass is 127. The second-order valence-corrected chi connectivity index (χ2v) is 7.49. The summed E-state index contributed by atoms with van der Waals surface area (Å²) in [6, 6.07) is 8.52. The molecule has 1 fully saturated rings. The first-order valence-electron chi connectivity index (χ1n) is 11.1. The molecule has 32 heavy (non-hydrogen) atoms. The van der Waals surface area contributed by atoms with E-state index in [-0.39, 0.29) is 30.0 Å². The Balaban J connectivity index is 0.00000363. The van der Waals surface area contributed by atoms with Gasteiger partial charge in [-0.15, -0.1) is 34.2 Å². The van der Waals surface area contributed by atoms with E-state index in [9.17, 15) is 0 Å². The van der Waals surface area contributed by atoms with Crippen LogP contribution in [0.25, 0.3) is 0 Å². The summed E-state index contributed by atoms with van der Waals surface area (Å²) in [6.45, 7) is 8.77. The number of hydrogen-bond donors (Lipinski definition) is 2. The van der Waals surface area contributed by atoms with E-state index in [4.69, 9.17) is 14.5 Å². The fraction of sp³-hybridized carbons (Fsp3) is 0.591. The average Bonchev–Trinajstić information content (AvgIpc) is 3.33. The van der Waals surface area contributed by atoms with Gasteiger partial charge in [0, 0.05) is 32.7 Å². The maximum atomic E-state index is 5.56. The maximum Gasteiger partial charge on any atom is 0.191 e. The molecule has 1 aliphatic heterocycles. The molecule has 2 N–H and O–H groups in total. The molecule has 1 aromatic heterocycles. The van der Waals surface area contributed by atoms with Gasteiger partial charge in [-0.25, -0.2) is 0 Å². The fourth-order valence-electron chi connectivity index (χ4n) is 3.63. The first kappa shape index (κ1) is 26.3. The molecule has 1 atom stereocenters. The van der Waals surface area contributed by atoms with Gasteiger partial charge in [-0.2, -0.15) is 0 Å². The van der Waals surface area contributed by atoms with Crippen molar-refractivity contribution in [2.45, 2.75) is 32.4 Å². The number of unbranched alkanes of at least 4 members (excludes halogenated alkanes) is 1. The molecule has 0 amide bonds. The number of rotatable bonds is 11. The van der Waals surface area contributed by atoms with E-state index in [2.05, 4.69) is 44.8 Å². The van der Waals surface area contributed by atoms with Gasteiger partial charge in [-0.3, -0.25) is 9.89 Å². The lowest BCUT2D eigenvalue weighted by Crippen LogP contribution is -2.42. The summed E-state index contributed by atoms with van der Waals surface area (Å²) in [5.41, 5.74) is 1.25. The maximum absolute atomic E-state index is 5.56. The van der Waals surface area contributed by atoms with Crippen molar-refractivity contribution in [3.05, 3.63) is 42.5 Å². The van der Waals surface area contributed by atoms with Gasteiger partial charge >= 0.3 is 0 Å². The number of morpholine rings is 1. The number of aryl methyl sites for hydroxylation is 1. The summed E-state index contributed by atoms with van der Waals surface area (Å²) in [6.07, 6.45) is 5.62. The monoisotopic (exact) mass is 557 g/mol. The molecule has 0 saturated carbocycles. The SMILES string of the molecule is CCNC(=NCC(c1ccc(OC)cc1)N1CCOCC1)NCCCCn1cnnc1.I. The lowest BCUT2D eigenvalue weighted by Gasteiger charge is -2.34. The lowest BCUT2D eigenvalue weighted by molar-refractivity contribution is 0.0179. The zero-order chi connectivity index (χ0) is 21.7. The van der Waals surface area contributed by atoms with E-state index in [1.165, 1.54) is 5.56 Å². The molecule has 9 nitrogen and oxygen atoms in total. The number of benzene rings is 1. The molecule has 1 saturated heterocycles. The molecule has 178 valence electrons. The van der Waals surface area contributed by atoms with E-state index in [1.807, 2.05) is 16.7 Å². The molecule has 0 spiro atoms. The highest BCUT2D eigenvalue weighted by Crippen LogP contribution is 2.24. The zero-order valence-electron chi connectivity index (χ0n) is 19.1. The van der Waals surface area contributed by atoms with Crippen LogP contribution in [0, 0.1) is 0 Å². The molecule has 3 rings (SSSR count). The topological polar surface area (TPSA) is 88.8 Å². The highest BCUT2D eigenvalue weighted by molar-refractivity contribution is 14.0. The summed E-state index contributed by atoms with van der Waals surface area (Å²) in [4.78, 5) is 7.37. The molecule has 0 aliphatic carbocycles. The Hall–Kier alpha value is -1.92. The van der Waals surface area contributed by atoms with Gasteiger partial charge < -0.3 is 24.7 Å². The molecule has 1 aromatic carbocycles. The number of methoxy groups -OCH3 is 1. The molecule has 1 aliphatic rings. The lowest BCUT2D eigenvalue weighted by atomic mass is 10.0. The third-order valence-electron chi connectivity index (χ3n) is 5.36. The van der Waals surface area contributed by atoms with Crippen molar-refractivity contribution in [1.82, 2.24) is 30.3 Å². The first-order valence-corrected chi connectivity index (χ1v) is 11.1. The van der Waals surface area contributed by atoms with Gasteiger partial charge in [-0.1, -0.05) is 12.1 Å². The minimum absolute atomic E-state index is 0. The van der Waals surface area contributed by atoms with Crippen molar-refractivity contribution in [2.24, 2.45) is 4.99 Å². The standard InChI is InChI=1S/C22H35N7O2.HI/c1-3-23-22(24-10-4-5-11-28-17-26-27-18-28)25-16-21(29-12-14-31-15-13-29)19-6-8-20(30-2)9-7-19;/h6-9,17-18,21H,3-5,10-16H2,1-2H3,(H2,23,24,25);1H. The van der Waals surface area contributed by atoms with Gasteiger partial charge in [-0.05, 0) is 37.5 Å². The minimum Gasteiger partial charge on any atom is -0.497 e. The zero-order valence-corrected chi connectivity index (χ0v) is 21.4. The molecule has 2 heterocycles. The third-order valence-corrected chi connectivity index (χ3v) is 5.36. The smallest absolute Gasteiger partial charge is 0.191 e. The van der Waals surface area contributed by atoms with Crippen LogP contribution in [-0.4, -0.2) is 78.7 Å². The van der Waals surface area contributed by atoms with Crippen molar-refractivity contribution < 1.29 is 9.47 Å². The van der Waals surface area contributed by atoms with E-state index >= 15 is 0 Å². The fourth-order valence-corrected chi connectivity index (χ4v) is 3.63. The third kappa shape index (κ3) is 8.55. The molecular formula is C22H36IN7O2. The Bertz CT molecular complexity index is 765. The van der Waals surface area contributed by atoms with Crippen LogP contribution in [0.3, 0.4) is 0 Å². The number of hydrogen-bond acceptors (Lipinski definition) is 6. The van der Waals surface area contributed by atoms with Crippen molar-refractivity contribution in [3.63, 3.8) is 0 Å². The van der Waals surface area contributed by atoms with E-state index in [0.29, 0.717) is 6.54 Å². The predicted octanol–water partition coefficient (Wildman–Crippen LogP) is 2.31. The van der Waals surface area contributed by atoms with Crippen LogP contribution >= 0.6 is 24.0 Å². The number of ether oxygens (including phenoxy) is 2. The van der Waals surface area contributed by atoms with Crippen molar-refractivity contribution in [2.75, 3.05) is 53.0 Å². The van der Waals surface area contributed by atoms with Crippen LogP contribution < -0.4 is 15.4 Å². The summed E-state index contributed by atoms with van der Waals surface area (Å²) >= 11 is 0. The Morgan fingerprint density at radius 1 is 1.12 bits per heavy atom. The van der Waals surface area contributed by atoms with E-state index < -0.39 is 0 Å². The summed E-state index contributed by atoms with van der Waals surface area (Å²) in [7, 11) is 1.69. The number of nitrogens with zero attached hydrogens (tertiary/aromatic N) is 5. The number of aliphatic imine (C=N–C) groups is 1. The summed E-state index contributed by atoms with van der Waals surface area (Å²) in [5, 5.41) is 14.5. The molecule has 0 bridgehead atoms. The second-order valence-electron chi connectivity index (χ2n) is 7.49. The van der Waals surface area contributed by atoms with E-state index in [0.717, 1.165) is 70.5 Å². The van der Waals surface area contributed by atoms with Gasteiger partial charge in [0.05, 0.1) is 32.9 Å². The van der Waals surface area contributed by atoms with Crippen molar-refractivity contribution in [3.8, 4) is 5.75 Å². The van der Waals surface area contributed by atoms with Crippen LogP contribution in [0.15, 0.2) is 41.9 Å². The Kier molecular flexibility index (Phi) is 12.4.